The van der Waals surface area contributed by atoms with E-state index in [1.165, 1.54) is 152 Å². The van der Waals surface area contributed by atoms with E-state index in [1.54, 1.807) is 0 Å². The van der Waals surface area contributed by atoms with E-state index in [4.69, 9.17) is 0 Å². The Morgan fingerprint density at radius 2 is 0.682 bits per heavy atom. The van der Waals surface area contributed by atoms with Crippen molar-refractivity contribution in [3.8, 4) is 0 Å². The second kappa shape index (κ2) is 15.5. The molecule has 0 saturated carbocycles. The van der Waals surface area contributed by atoms with Crippen molar-refractivity contribution >= 4 is 77.4 Å². The Hall–Kier alpha value is -2.68. The van der Waals surface area contributed by atoms with Crippen molar-refractivity contribution in [2.45, 2.75) is 101 Å². The topological polar surface area (TPSA) is 0 Å². The van der Waals surface area contributed by atoms with E-state index < -0.39 is 0 Å². The molecule has 0 aromatic heterocycles. The predicted octanol–water partition coefficient (Wildman–Crippen LogP) is 14.4. The van der Waals surface area contributed by atoms with E-state index in [0.29, 0.717) is 0 Å². The van der Waals surface area contributed by atoms with Gasteiger partial charge in [0.15, 0.2) is 0 Å². The predicted molar refractivity (Wildman–Crippen MR) is 202 cm³/mol. The lowest BCUT2D eigenvalue weighted by Crippen LogP contribution is -1.92. The molecule has 0 unspecified atom stereocenters. The van der Waals surface area contributed by atoms with Crippen LogP contribution in [0.2, 0.25) is 0 Å². The van der Waals surface area contributed by atoms with Crippen molar-refractivity contribution in [3.05, 3.63) is 84.9 Å². The lowest BCUT2D eigenvalue weighted by molar-refractivity contribution is 0.627. The number of benzene rings is 6. The summed E-state index contributed by atoms with van der Waals surface area (Å²) >= 11 is 4.21. The summed E-state index contributed by atoms with van der Waals surface area (Å²) in [6.07, 6.45) is 16.1. The molecule has 0 N–H and O–H groups in total. The van der Waals surface area contributed by atoms with Gasteiger partial charge in [0.25, 0.3) is 0 Å². The van der Waals surface area contributed by atoms with Gasteiger partial charge in [-0.15, -0.1) is 23.5 Å². The van der Waals surface area contributed by atoms with Crippen LogP contribution in [0, 0.1) is 0 Å². The fourth-order valence-electron chi connectivity index (χ4n) is 6.70. The Kier molecular flexibility index (Phi) is 11.1. The molecule has 0 saturated heterocycles. The van der Waals surface area contributed by atoms with Gasteiger partial charge in [0.05, 0.1) is 0 Å². The summed E-state index contributed by atoms with van der Waals surface area (Å²) < 4.78 is 0. The van der Waals surface area contributed by atoms with Gasteiger partial charge in [0.2, 0.25) is 0 Å². The smallest absolute Gasteiger partial charge is 0.0230 e. The third-order valence-electron chi connectivity index (χ3n) is 9.19. The van der Waals surface area contributed by atoms with E-state index in [1.807, 2.05) is 0 Å². The molecule has 0 aliphatic heterocycles. The molecule has 0 fully saturated rings. The fourth-order valence-corrected chi connectivity index (χ4v) is 9.10. The number of thioether (sulfide) groups is 2. The first-order valence-corrected chi connectivity index (χ1v) is 19.2. The molecule has 0 amide bonds. The maximum absolute atomic E-state index is 2.52. The zero-order valence-corrected chi connectivity index (χ0v) is 28.4. The molecular weight excluding hydrogens is 569 g/mol. The molecule has 0 aliphatic carbocycles. The molecule has 0 bridgehead atoms. The molecule has 228 valence electrons. The highest BCUT2D eigenvalue weighted by molar-refractivity contribution is 8.00. The third-order valence-corrected chi connectivity index (χ3v) is 11.6. The van der Waals surface area contributed by atoms with Crippen molar-refractivity contribution in [2.75, 3.05) is 11.5 Å². The Morgan fingerprint density at radius 3 is 1.07 bits per heavy atom. The lowest BCUT2D eigenvalue weighted by atomic mass is 9.96. The molecule has 0 atom stereocenters. The Balaban J connectivity index is 1.46. The lowest BCUT2D eigenvalue weighted by Gasteiger charge is -2.18. The largest absolute Gasteiger partial charge is 0.125 e. The Bertz CT molecular complexity index is 1720. The first-order valence-electron chi connectivity index (χ1n) is 17.3. The highest BCUT2D eigenvalue weighted by Gasteiger charge is 2.17. The van der Waals surface area contributed by atoms with Crippen LogP contribution in [0.3, 0.4) is 0 Å². The van der Waals surface area contributed by atoms with Crippen molar-refractivity contribution in [2.24, 2.45) is 0 Å². The average molecular weight is 617 g/mol. The quantitative estimate of drug-likeness (QED) is 0.0603. The van der Waals surface area contributed by atoms with Crippen LogP contribution in [-0.2, 0) is 0 Å². The number of rotatable bonds is 16. The first kappa shape index (κ1) is 31.3. The van der Waals surface area contributed by atoms with Gasteiger partial charge in [-0.05, 0) is 115 Å². The third kappa shape index (κ3) is 7.24. The van der Waals surface area contributed by atoms with Crippen molar-refractivity contribution in [1.82, 2.24) is 0 Å². The summed E-state index contributed by atoms with van der Waals surface area (Å²) in [6, 6.07) is 32.6. The minimum absolute atomic E-state index is 1.18. The molecule has 0 spiro atoms. The summed E-state index contributed by atoms with van der Waals surface area (Å²) in [5.41, 5.74) is 0. The van der Waals surface area contributed by atoms with Gasteiger partial charge in [-0.3, -0.25) is 0 Å². The fraction of sp³-hybridized carbons (Fsp3) is 0.381. The normalized spacial score (nSPS) is 12.0. The first-order chi connectivity index (χ1) is 21.8. The van der Waals surface area contributed by atoms with Crippen LogP contribution < -0.4 is 0 Å². The SMILES string of the molecule is CCCCCCCCSc1c2cc3ccccc3cc2c(SCCCCCCCC)c2cc3cc4ccccc4cc3cc12. The van der Waals surface area contributed by atoms with Gasteiger partial charge in [0.1, 0.15) is 0 Å². The minimum Gasteiger partial charge on any atom is -0.125 e. The summed E-state index contributed by atoms with van der Waals surface area (Å²) in [5, 5.41) is 13.8. The molecule has 6 rings (SSSR count). The molecule has 2 heteroatoms. The number of unbranched alkanes of at least 4 members (excludes halogenated alkanes) is 10. The zero-order chi connectivity index (χ0) is 30.1. The molecular formula is C42H48S2. The molecule has 6 aromatic carbocycles. The maximum Gasteiger partial charge on any atom is 0.0230 e. The number of hydrogen-bond donors (Lipinski definition) is 0. The van der Waals surface area contributed by atoms with Crippen LogP contribution >= 0.6 is 23.5 Å². The Morgan fingerprint density at radius 1 is 0.364 bits per heavy atom. The molecule has 0 nitrogen and oxygen atoms in total. The highest BCUT2D eigenvalue weighted by atomic mass is 32.2. The molecule has 0 aliphatic rings. The maximum atomic E-state index is 2.52. The molecule has 44 heavy (non-hydrogen) atoms. The second-order valence-electron chi connectivity index (χ2n) is 12.6. The van der Waals surface area contributed by atoms with Crippen LogP contribution in [0.4, 0.5) is 0 Å². The van der Waals surface area contributed by atoms with Gasteiger partial charge >= 0.3 is 0 Å². The summed E-state index contributed by atoms with van der Waals surface area (Å²) in [7, 11) is 0. The molecule has 0 radical (unpaired) electrons. The van der Waals surface area contributed by atoms with E-state index in [9.17, 15) is 0 Å². The van der Waals surface area contributed by atoms with Gasteiger partial charge in [-0.2, -0.15) is 0 Å². The van der Waals surface area contributed by atoms with Gasteiger partial charge in [0, 0.05) is 9.79 Å². The van der Waals surface area contributed by atoms with Crippen molar-refractivity contribution in [3.63, 3.8) is 0 Å². The van der Waals surface area contributed by atoms with Crippen molar-refractivity contribution in [1.29, 1.82) is 0 Å². The number of fused-ring (bicyclic) bond motifs is 5. The van der Waals surface area contributed by atoms with Crippen LogP contribution in [0.1, 0.15) is 90.9 Å². The van der Waals surface area contributed by atoms with Crippen molar-refractivity contribution < 1.29 is 0 Å². The average Bonchev–Trinajstić information content (AvgIpc) is 3.05. The van der Waals surface area contributed by atoms with Gasteiger partial charge in [-0.25, -0.2) is 0 Å². The summed E-state index contributed by atoms with van der Waals surface area (Å²) in [6.45, 7) is 4.61. The number of hydrogen-bond acceptors (Lipinski definition) is 2. The zero-order valence-electron chi connectivity index (χ0n) is 26.8. The summed E-state index contributed by atoms with van der Waals surface area (Å²) in [5.74, 6) is 2.37. The minimum atomic E-state index is 1.18. The van der Waals surface area contributed by atoms with Crippen LogP contribution in [-0.4, -0.2) is 11.5 Å². The molecule has 0 heterocycles. The second-order valence-corrected chi connectivity index (χ2v) is 14.8. The van der Waals surface area contributed by atoms with Crippen LogP contribution in [0.5, 0.6) is 0 Å². The summed E-state index contributed by atoms with van der Waals surface area (Å²) in [4.78, 5) is 2.96. The van der Waals surface area contributed by atoms with Gasteiger partial charge in [-0.1, -0.05) is 127 Å². The standard InChI is InChI=1S/C42H48S2/c1-3-5-7-9-11-17-23-43-41-37-27-33-21-15-16-22-34(33)28-38(37)42(44-24-18-12-10-8-6-4-2)40-30-36-26-32-20-14-13-19-31(32)25-35(36)29-39(40)41/h13-16,19-22,25-30H,3-12,17-18,23-24H2,1-2H3. The van der Waals surface area contributed by atoms with E-state index >= 15 is 0 Å². The Labute approximate surface area is 273 Å². The van der Waals surface area contributed by atoms with E-state index in [-0.39, 0.29) is 0 Å². The van der Waals surface area contributed by atoms with E-state index in [2.05, 4.69) is 122 Å². The monoisotopic (exact) mass is 616 g/mol. The van der Waals surface area contributed by atoms with Crippen LogP contribution in [0.25, 0.3) is 53.9 Å². The molecule has 6 aromatic rings. The van der Waals surface area contributed by atoms with E-state index in [0.717, 1.165) is 0 Å². The van der Waals surface area contributed by atoms with Crippen LogP contribution in [0.15, 0.2) is 94.7 Å². The highest BCUT2D eigenvalue weighted by Crippen LogP contribution is 2.46. The van der Waals surface area contributed by atoms with Gasteiger partial charge < -0.3 is 0 Å².